The van der Waals surface area contributed by atoms with Crippen LogP contribution < -0.4 is 14.8 Å². The number of aliphatic imine (C=N–C) groups is 1. The third kappa shape index (κ3) is 5.16. The molecule has 0 fully saturated rings. The molecule has 1 aromatic carbocycles. The normalized spacial score (nSPS) is 13.1. The van der Waals surface area contributed by atoms with Crippen molar-refractivity contribution in [1.82, 2.24) is 15.4 Å². The lowest BCUT2D eigenvalue weighted by Gasteiger charge is -2.22. The Morgan fingerprint density at radius 1 is 1.35 bits per heavy atom. The van der Waals surface area contributed by atoms with E-state index in [1.807, 2.05) is 37.1 Å². The van der Waals surface area contributed by atoms with E-state index in [-0.39, 0.29) is 24.0 Å². The Kier molecular flexibility index (Phi) is 7.83. The summed E-state index contributed by atoms with van der Waals surface area (Å²) in [6.45, 7) is 4.91. The van der Waals surface area contributed by atoms with Crippen molar-refractivity contribution < 1.29 is 14.0 Å². The van der Waals surface area contributed by atoms with Crippen molar-refractivity contribution in [1.29, 1.82) is 0 Å². The number of ether oxygens (including phenoxy) is 2. The Morgan fingerprint density at radius 3 is 2.88 bits per heavy atom. The topological polar surface area (TPSA) is 72.1 Å². The second-order valence-electron chi connectivity index (χ2n) is 5.62. The predicted molar refractivity (Wildman–Crippen MR) is 111 cm³/mol. The Morgan fingerprint density at radius 2 is 2.15 bits per heavy atom. The van der Waals surface area contributed by atoms with Gasteiger partial charge in [0.15, 0.2) is 17.5 Å². The van der Waals surface area contributed by atoms with Crippen LogP contribution in [0.25, 0.3) is 0 Å². The van der Waals surface area contributed by atoms with Crippen LogP contribution in [0.1, 0.15) is 18.2 Å². The first-order valence-electron chi connectivity index (χ1n) is 8.14. The van der Waals surface area contributed by atoms with Crippen LogP contribution in [0.2, 0.25) is 5.02 Å². The van der Waals surface area contributed by atoms with Gasteiger partial charge in [-0.15, -0.1) is 24.0 Å². The molecule has 0 saturated heterocycles. The second-order valence-corrected chi connectivity index (χ2v) is 6.03. The highest BCUT2D eigenvalue weighted by Crippen LogP contribution is 2.38. The van der Waals surface area contributed by atoms with Gasteiger partial charge in [0.25, 0.3) is 0 Å². The summed E-state index contributed by atoms with van der Waals surface area (Å²) in [6, 6.07) is 5.62. The summed E-state index contributed by atoms with van der Waals surface area (Å²) in [6.07, 6.45) is 1.56. The van der Waals surface area contributed by atoms with Gasteiger partial charge in [-0.25, -0.2) is 4.99 Å². The van der Waals surface area contributed by atoms with Gasteiger partial charge in [0.1, 0.15) is 25.2 Å². The molecule has 2 aromatic rings. The van der Waals surface area contributed by atoms with Gasteiger partial charge in [-0.05, 0) is 24.6 Å². The van der Waals surface area contributed by atoms with Gasteiger partial charge in [-0.2, -0.15) is 0 Å². The number of benzene rings is 1. The number of halogens is 2. The summed E-state index contributed by atoms with van der Waals surface area (Å²) in [5.41, 5.74) is 1.80. The minimum absolute atomic E-state index is 0. The van der Waals surface area contributed by atoms with Crippen molar-refractivity contribution in [2.75, 3.05) is 26.8 Å². The molecule has 142 valence electrons. The maximum absolute atomic E-state index is 6.28. The van der Waals surface area contributed by atoms with E-state index in [1.54, 1.807) is 6.26 Å². The lowest BCUT2D eigenvalue weighted by Crippen LogP contribution is -2.38. The number of fused-ring (bicyclic) bond motifs is 1. The SMILES string of the molecule is CCNC(=NCc1cc(Cl)c2c(c1)OCCO2)N(C)Cc1ccon1.I. The summed E-state index contributed by atoms with van der Waals surface area (Å²) in [5.74, 6) is 2.05. The van der Waals surface area contributed by atoms with E-state index in [9.17, 15) is 0 Å². The van der Waals surface area contributed by atoms with Crippen molar-refractivity contribution in [3.63, 3.8) is 0 Å². The molecular weight excluding hydrogens is 471 g/mol. The van der Waals surface area contributed by atoms with Gasteiger partial charge in [0, 0.05) is 19.7 Å². The largest absolute Gasteiger partial charge is 0.486 e. The number of rotatable bonds is 5. The summed E-state index contributed by atoms with van der Waals surface area (Å²) in [7, 11) is 1.95. The number of aromatic nitrogens is 1. The number of hydrogen-bond donors (Lipinski definition) is 1. The second kappa shape index (κ2) is 9.86. The van der Waals surface area contributed by atoms with Crippen LogP contribution in [0, 0.1) is 0 Å². The van der Waals surface area contributed by atoms with Crippen LogP contribution in [0.3, 0.4) is 0 Å². The van der Waals surface area contributed by atoms with Crippen LogP contribution in [0.5, 0.6) is 11.5 Å². The molecule has 1 aliphatic rings. The highest BCUT2D eigenvalue weighted by Gasteiger charge is 2.17. The van der Waals surface area contributed by atoms with E-state index in [0.717, 1.165) is 23.8 Å². The zero-order valence-corrected chi connectivity index (χ0v) is 17.8. The van der Waals surface area contributed by atoms with Gasteiger partial charge >= 0.3 is 0 Å². The summed E-state index contributed by atoms with van der Waals surface area (Å²) < 4.78 is 16.0. The fourth-order valence-corrected chi connectivity index (χ4v) is 2.82. The van der Waals surface area contributed by atoms with Gasteiger partial charge in [-0.3, -0.25) is 0 Å². The Labute approximate surface area is 174 Å². The van der Waals surface area contributed by atoms with Crippen LogP contribution in [-0.2, 0) is 13.1 Å². The zero-order valence-electron chi connectivity index (χ0n) is 14.7. The highest BCUT2D eigenvalue weighted by molar-refractivity contribution is 14.0. The predicted octanol–water partition coefficient (Wildman–Crippen LogP) is 3.31. The minimum atomic E-state index is 0. The van der Waals surface area contributed by atoms with Crippen molar-refractivity contribution in [3.8, 4) is 11.5 Å². The van der Waals surface area contributed by atoms with Gasteiger partial charge < -0.3 is 24.2 Å². The zero-order chi connectivity index (χ0) is 17.6. The third-order valence-corrected chi connectivity index (χ3v) is 3.94. The number of nitrogens with zero attached hydrogens (tertiary/aromatic N) is 3. The molecule has 0 amide bonds. The van der Waals surface area contributed by atoms with E-state index < -0.39 is 0 Å². The number of hydrogen-bond acceptors (Lipinski definition) is 5. The molecule has 0 aliphatic carbocycles. The van der Waals surface area contributed by atoms with E-state index in [0.29, 0.717) is 42.8 Å². The summed E-state index contributed by atoms with van der Waals surface area (Å²) in [4.78, 5) is 6.66. The molecule has 1 aromatic heterocycles. The van der Waals surface area contributed by atoms with Gasteiger partial charge in [0.05, 0.1) is 18.1 Å². The molecule has 0 radical (unpaired) electrons. The molecule has 0 atom stereocenters. The molecule has 7 nitrogen and oxygen atoms in total. The van der Waals surface area contributed by atoms with E-state index in [1.165, 1.54) is 0 Å². The van der Waals surface area contributed by atoms with E-state index in [2.05, 4.69) is 15.5 Å². The Bertz CT molecular complexity index is 740. The van der Waals surface area contributed by atoms with Crippen LogP contribution in [0.15, 0.2) is 34.0 Å². The molecule has 1 aliphatic heterocycles. The van der Waals surface area contributed by atoms with E-state index in [4.69, 9.17) is 25.6 Å². The summed E-state index contributed by atoms with van der Waals surface area (Å²) in [5, 5.41) is 7.74. The van der Waals surface area contributed by atoms with E-state index >= 15 is 0 Å². The first-order valence-corrected chi connectivity index (χ1v) is 8.52. The minimum Gasteiger partial charge on any atom is -0.486 e. The third-order valence-electron chi connectivity index (χ3n) is 3.65. The maximum Gasteiger partial charge on any atom is 0.194 e. The van der Waals surface area contributed by atoms with Crippen molar-refractivity contribution >= 4 is 41.5 Å². The molecule has 0 spiro atoms. The monoisotopic (exact) mass is 492 g/mol. The first-order chi connectivity index (χ1) is 12.2. The summed E-state index contributed by atoms with van der Waals surface area (Å²) >= 11 is 6.28. The van der Waals surface area contributed by atoms with Crippen molar-refractivity contribution in [2.24, 2.45) is 4.99 Å². The average Bonchev–Trinajstić information content (AvgIpc) is 3.11. The van der Waals surface area contributed by atoms with Crippen LogP contribution in [-0.4, -0.2) is 42.8 Å². The smallest absolute Gasteiger partial charge is 0.194 e. The quantitative estimate of drug-likeness (QED) is 0.392. The van der Waals surface area contributed by atoms with Crippen molar-refractivity contribution in [2.45, 2.75) is 20.0 Å². The van der Waals surface area contributed by atoms with Crippen LogP contribution in [0.4, 0.5) is 0 Å². The van der Waals surface area contributed by atoms with Gasteiger partial charge in [-0.1, -0.05) is 16.8 Å². The lowest BCUT2D eigenvalue weighted by molar-refractivity contribution is 0.171. The maximum atomic E-state index is 6.28. The fraction of sp³-hybridized carbons (Fsp3) is 0.412. The number of nitrogens with one attached hydrogen (secondary N) is 1. The first kappa shape index (κ1) is 20.6. The molecule has 26 heavy (non-hydrogen) atoms. The Balaban J connectivity index is 0.00000243. The fourth-order valence-electron chi connectivity index (χ4n) is 2.53. The molecular formula is C17H22ClIN4O3. The molecule has 0 unspecified atom stereocenters. The van der Waals surface area contributed by atoms with Gasteiger partial charge in [0.2, 0.25) is 0 Å². The number of guanidine groups is 1. The lowest BCUT2D eigenvalue weighted by atomic mass is 10.2. The molecule has 2 heterocycles. The molecule has 0 bridgehead atoms. The molecule has 9 heteroatoms. The van der Waals surface area contributed by atoms with Crippen LogP contribution >= 0.6 is 35.6 Å². The standard InChI is InChI=1S/C17H21ClN4O3.HI/c1-3-19-17(22(2)11-13-4-5-25-21-13)20-10-12-8-14(18)16-15(9-12)23-6-7-24-16;/h4-5,8-9H,3,6-7,10-11H2,1-2H3,(H,19,20);1H. The Hall–Kier alpha value is -1.68. The molecule has 0 saturated carbocycles. The molecule has 1 N–H and O–H groups in total. The van der Waals surface area contributed by atoms with Crippen molar-refractivity contribution in [3.05, 3.63) is 40.7 Å². The highest BCUT2D eigenvalue weighted by atomic mass is 127. The average molecular weight is 493 g/mol. The molecule has 3 rings (SSSR count).